The summed E-state index contributed by atoms with van der Waals surface area (Å²) in [6.07, 6.45) is -2.20. The van der Waals surface area contributed by atoms with Gasteiger partial charge in [-0.05, 0) is 50.6 Å². The van der Waals surface area contributed by atoms with Gasteiger partial charge in [-0.1, -0.05) is 18.2 Å². The average molecular weight is 656 g/mol. The van der Waals surface area contributed by atoms with Crippen LogP contribution >= 0.6 is 11.6 Å². The van der Waals surface area contributed by atoms with E-state index in [0.29, 0.717) is 43.7 Å². The van der Waals surface area contributed by atoms with Crippen LogP contribution in [0.1, 0.15) is 25.3 Å². The molecule has 3 aliphatic rings. The number of ether oxygens (including phenoxy) is 2. The van der Waals surface area contributed by atoms with E-state index in [0.717, 1.165) is 12.1 Å². The van der Waals surface area contributed by atoms with E-state index in [2.05, 4.69) is 11.9 Å². The van der Waals surface area contributed by atoms with E-state index >= 15 is 0 Å². The van der Waals surface area contributed by atoms with Crippen molar-refractivity contribution in [3.05, 3.63) is 59.1 Å². The van der Waals surface area contributed by atoms with Gasteiger partial charge in [0, 0.05) is 48.4 Å². The number of nitrogens with zero attached hydrogens (tertiary/aromatic N) is 3. The zero-order chi connectivity index (χ0) is 32.5. The van der Waals surface area contributed by atoms with Crippen LogP contribution < -0.4 is 10.1 Å². The van der Waals surface area contributed by atoms with Crippen molar-refractivity contribution in [2.24, 2.45) is 0 Å². The second-order valence-electron chi connectivity index (χ2n) is 11.6. The van der Waals surface area contributed by atoms with Gasteiger partial charge in [-0.15, -0.1) is 0 Å². The first-order valence-corrected chi connectivity index (χ1v) is 15.1. The molecule has 0 bridgehead atoms. The molecule has 3 aliphatic heterocycles. The van der Waals surface area contributed by atoms with Crippen LogP contribution in [0.15, 0.2) is 36.9 Å². The van der Waals surface area contributed by atoms with Crippen molar-refractivity contribution in [2.45, 2.75) is 44.1 Å². The Labute approximate surface area is 263 Å². The van der Waals surface area contributed by atoms with Crippen LogP contribution in [-0.4, -0.2) is 103 Å². The molecule has 2 aromatic rings. The van der Waals surface area contributed by atoms with E-state index in [1.807, 2.05) is 11.8 Å². The molecule has 45 heavy (non-hydrogen) atoms. The molecule has 244 valence electrons. The average Bonchev–Trinajstić information content (AvgIpc) is 2.95. The van der Waals surface area contributed by atoms with E-state index in [1.165, 1.54) is 23.1 Å². The zero-order valence-corrected chi connectivity index (χ0v) is 25.5. The molecule has 3 heterocycles. The largest absolute Gasteiger partial charge is 0.489 e. The van der Waals surface area contributed by atoms with Gasteiger partial charge in [0.15, 0.2) is 5.75 Å². The maximum absolute atomic E-state index is 15.0. The van der Waals surface area contributed by atoms with Gasteiger partial charge in [0.25, 0.3) is 0 Å². The van der Waals surface area contributed by atoms with Crippen LogP contribution in [0.4, 0.5) is 27.6 Å². The Morgan fingerprint density at radius 1 is 1.22 bits per heavy atom. The topological polar surface area (TPSA) is 81.1 Å². The predicted molar refractivity (Wildman–Crippen MR) is 161 cm³/mol. The molecule has 0 spiro atoms. The van der Waals surface area contributed by atoms with Crippen molar-refractivity contribution in [3.63, 3.8) is 0 Å². The fraction of sp³-hybridized carbons (Fsp3) is 0.484. The fourth-order valence-electron chi connectivity index (χ4n) is 6.00. The van der Waals surface area contributed by atoms with Gasteiger partial charge in [0.05, 0.1) is 42.6 Å². The Morgan fingerprint density at radius 3 is 2.60 bits per heavy atom. The van der Waals surface area contributed by atoms with Gasteiger partial charge in [0.2, 0.25) is 5.91 Å². The summed E-state index contributed by atoms with van der Waals surface area (Å²) >= 11 is 6.72. The van der Waals surface area contributed by atoms with Gasteiger partial charge in [-0.25, -0.2) is 8.78 Å². The van der Waals surface area contributed by atoms with Gasteiger partial charge in [-0.2, -0.15) is 13.2 Å². The number of hydrogen-bond acceptors (Lipinski definition) is 6. The number of fused-ring (bicyclic) bond motifs is 1. The summed E-state index contributed by atoms with van der Waals surface area (Å²) in [5, 5.41) is 12.7. The summed E-state index contributed by atoms with van der Waals surface area (Å²) < 4.78 is 79.6. The molecule has 8 nitrogen and oxygen atoms in total. The Kier molecular flexibility index (Phi) is 9.90. The van der Waals surface area contributed by atoms with Crippen molar-refractivity contribution in [3.8, 4) is 16.9 Å². The molecular formula is C31H35ClF5N5O3. The minimum Gasteiger partial charge on any atom is -0.489 e. The van der Waals surface area contributed by atoms with E-state index in [9.17, 15) is 32.2 Å². The van der Waals surface area contributed by atoms with Crippen molar-refractivity contribution in [1.82, 2.24) is 14.7 Å². The highest BCUT2D eigenvalue weighted by molar-refractivity contribution is 6.34. The number of amides is 1. The monoisotopic (exact) mass is 655 g/mol. The third-order valence-electron chi connectivity index (χ3n) is 8.38. The minimum atomic E-state index is -4.33. The van der Waals surface area contributed by atoms with E-state index in [1.54, 1.807) is 4.90 Å². The molecule has 0 saturated carbocycles. The minimum absolute atomic E-state index is 0.0198. The van der Waals surface area contributed by atoms with Crippen LogP contribution in [0.3, 0.4) is 0 Å². The first-order chi connectivity index (χ1) is 21.4. The first kappa shape index (κ1) is 33.0. The number of carbonyl (C=O) groups excluding carboxylic acids is 1. The van der Waals surface area contributed by atoms with E-state index < -0.39 is 24.4 Å². The summed E-state index contributed by atoms with van der Waals surface area (Å²) in [5.41, 5.74) is 0.983. The second-order valence-corrected chi connectivity index (χ2v) is 12.0. The Hall–Kier alpha value is -3.42. The highest BCUT2D eigenvalue weighted by atomic mass is 35.5. The van der Waals surface area contributed by atoms with Crippen LogP contribution in [0.25, 0.3) is 11.1 Å². The molecule has 1 amide bonds. The molecule has 5 rings (SSSR count). The molecule has 2 atom stereocenters. The number of alkyl halides is 3. The molecule has 0 aliphatic carbocycles. The van der Waals surface area contributed by atoms with Crippen LogP contribution in [-0.2, 0) is 9.53 Å². The highest BCUT2D eigenvalue weighted by Crippen LogP contribution is 2.47. The standard InChI is InChI=1S/C31H35ClF5N5O3/c1-3-26(43)40-9-10-42(18(2)13-40)30(38)23-12-24(32)27(22-7-6-19(33)11-25(22)34)29-28(23)39-20(14-45-29)5-4-8-41(17-31(35,36)37)21-15-44-16-21/h3,6-7,11-12,18,20-21,38-39H,1,4-5,8-10,13-17H2,2H3/t18-,20+/m0/s1. The van der Waals surface area contributed by atoms with Gasteiger partial charge in [0.1, 0.15) is 24.1 Å². The fourth-order valence-corrected chi connectivity index (χ4v) is 6.30. The number of halogens is 6. The quantitative estimate of drug-likeness (QED) is 0.160. The normalized spacial score (nSPS) is 20.3. The summed E-state index contributed by atoms with van der Waals surface area (Å²) in [7, 11) is 0. The lowest BCUT2D eigenvalue weighted by atomic mass is 9.96. The number of anilines is 1. The Morgan fingerprint density at radius 2 is 1.98 bits per heavy atom. The Bertz CT molecular complexity index is 1450. The van der Waals surface area contributed by atoms with Gasteiger partial charge in [-0.3, -0.25) is 15.1 Å². The molecule has 2 saturated heterocycles. The number of carbonyl (C=O) groups is 1. The molecule has 0 unspecified atom stereocenters. The number of piperazine rings is 1. The van der Waals surface area contributed by atoms with Crippen molar-refractivity contribution < 1.29 is 36.2 Å². The maximum Gasteiger partial charge on any atom is 0.401 e. The summed E-state index contributed by atoms with van der Waals surface area (Å²) in [6.45, 7) is 6.37. The molecule has 2 aromatic carbocycles. The molecule has 2 N–H and O–H groups in total. The molecule has 14 heteroatoms. The lowest BCUT2D eigenvalue weighted by molar-refractivity contribution is -0.169. The van der Waals surface area contributed by atoms with Crippen LogP contribution in [0.2, 0.25) is 5.02 Å². The summed E-state index contributed by atoms with van der Waals surface area (Å²) in [6, 6.07) is 3.82. The van der Waals surface area contributed by atoms with Gasteiger partial charge < -0.3 is 24.6 Å². The third-order valence-corrected chi connectivity index (χ3v) is 8.68. The summed E-state index contributed by atoms with van der Waals surface area (Å²) in [4.78, 5) is 17.0. The highest BCUT2D eigenvalue weighted by Gasteiger charge is 2.37. The Balaban J connectivity index is 1.42. The number of benzene rings is 2. The maximum atomic E-state index is 15.0. The number of rotatable bonds is 9. The number of nitrogens with one attached hydrogen (secondary N) is 2. The summed E-state index contributed by atoms with van der Waals surface area (Å²) in [5.74, 6) is -1.49. The predicted octanol–water partition coefficient (Wildman–Crippen LogP) is 5.55. The number of amidine groups is 1. The van der Waals surface area contributed by atoms with Crippen LogP contribution in [0, 0.1) is 17.0 Å². The van der Waals surface area contributed by atoms with Crippen molar-refractivity contribution in [2.75, 3.05) is 57.9 Å². The SMILES string of the molecule is C=CC(=O)N1CCN(C(=N)c2cc(Cl)c(-c3ccc(F)cc3F)c3c2N[C@H](CCCN(CC(F)(F)F)C2COC2)CO3)[C@@H](C)C1. The lowest BCUT2D eigenvalue weighted by Gasteiger charge is -2.42. The molecule has 2 fully saturated rings. The first-order valence-electron chi connectivity index (χ1n) is 14.7. The van der Waals surface area contributed by atoms with E-state index in [4.69, 9.17) is 21.1 Å². The molecular weight excluding hydrogens is 621 g/mol. The zero-order valence-electron chi connectivity index (χ0n) is 24.7. The number of hydrogen-bond donors (Lipinski definition) is 2. The smallest absolute Gasteiger partial charge is 0.401 e. The van der Waals surface area contributed by atoms with E-state index in [-0.39, 0.29) is 78.1 Å². The molecule has 0 aromatic heterocycles. The van der Waals surface area contributed by atoms with Crippen molar-refractivity contribution in [1.29, 1.82) is 5.41 Å². The van der Waals surface area contributed by atoms with Crippen LogP contribution in [0.5, 0.6) is 5.75 Å². The molecule has 0 radical (unpaired) electrons. The third kappa shape index (κ3) is 7.36. The van der Waals surface area contributed by atoms with Crippen molar-refractivity contribution >= 4 is 29.0 Å². The second kappa shape index (κ2) is 13.5. The lowest BCUT2D eigenvalue weighted by Crippen LogP contribution is -2.55. The van der Waals surface area contributed by atoms with Gasteiger partial charge >= 0.3 is 6.18 Å².